The minimum Gasteiger partial charge on any atom is -0.309 e. The molecular weight excluding hydrogens is 783 g/mol. The number of nitrogens with zero attached hydrogens (tertiary/aromatic N) is 1. The van der Waals surface area contributed by atoms with E-state index < -0.39 is 5.41 Å². The van der Waals surface area contributed by atoms with Crippen LogP contribution in [0.2, 0.25) is 0 Å². The predicted octanol–water partition coefficient (Wildman–Crippen LogP) is 16.8. The van der Waals surface area contributed by atoms with Crippen LogP contribution in [0.25, 0.3) is 66.8 Å². The van der Waals surface area contributed by atoms with Crippen molar-refractivity contribution in [2.24, 2.45) is 0 Å². The first kappa shape index (κ1) is 37.5. The van der Waals surface area contributed by atoms with Crippen LogP contribution in [0.1, 0.15) is 47.2 Å². The first-order chi connectivity index (χ1) is 32.0. The van der Waals surface area contributed by atoms with Gasteiger partial charge in [-0.05, 0) is 113 Å². The molecule has 3 aliphatic rings. The molecule has 0 saturated carbocycles. The van der Waals surface area contributed by atoms with Gasteiger partial charge in [0.15, 0.2) is 0 Å². The van der Waals surface area contributed by atoms with E-state index >= 15 is 0 Å². The van der Waals surface area contributed by atoms with Crippen LogP contribution in [0, 0.1) is 0 Å². The molecule has 13 rings (SSSR count). The Morgan fingerprint density at radius 1 is 0.277 bits per heavy atom. The fourth-order valence-electron chi connectivity index (χ4n) is 12.0. The third kappa shape index (κ3) is 5.27. The van der Waals surface area contributed by atoms with Crippen molar-refractivity contribution in [1.29, 1.82) is 0 Å². The molecule has 0 heterocycles. The van der Waals surface area contributed by atoms with Crippen LogP contribution in [-0.2, 0) is 10.8 Å². The molecule has 1 nitrogen and oxygen atoms in total. The van der Waals surface area contributed by atoms with E-state index in [-0.39, 0.29) is 5.41 Å². The van der Waals surface area contributed by atoms with Crippen molar-refractivity contribution in [3.63, 3.8) is 0 Å². The Kier molecular flexibility index (Phi) is 8.24. The Hall–Kier alpha value is -8.00. The Bertz CT molecular complexity index is 3480. The lowest BCUT2D eigenvalue weighted by Gasteiger charge is -2.35. The zero-order valence-corrected chi connectivity index (χ0v) is 36.5. The van der Waals surface area contributed by atoms with Gasteiger partial charge in [0.05, 0.1) is 16.8 Å². The third-order valence-corrected chi connectivity index (χ3v) is 14.7. The van der Waals surface area contributed by atoms with Gasteiger partial charge in [0, 0.05) is 22.2 Å². The monoisotopic (exact) mass is 827 g/mol. The Balaban J connectivity index is 1.15. The Labute approximate surface area is 381 Å². The molecule has 0 amide bonds. The van der Waals surface area contributed by atoms with Gasteiger partial charge in [-0.2, -0.15) is 0 Å². The van der Waals surface area contributed by atoms with E-state index in [1.54, 1.807) is 0 Å². The van der Waals surface area contributed by atoms with Gasteiger partial charge in [0.25, 0.3) is 0 Å². The van der Waals surface area contributed by atoms with Crippen LogP contribution in [0.4, 0.5) is 17.1 Å². The van der Waals surface area contributed by atoms with Crippen molar-refractivity contribution < 1.29 is 0 Å². The fourth-order valence-corrected chi connectivity index (χ4v) is 12.0. The van der Waals surface area contributed by atoms with Gasteiger partial charge >= 0.3 is 0 Å². The molecule has 0 bridgehead atoms. The second kappa shape index (κ2) is 14.3. The van der Waals surface area contributed by atoms with Crippen LogP contribution in [0.15, 0.2) is 237 Å². The van der Waals surface area contributed by atoms with E-state index in [4.69, 9.17) is 0 Å². The SMILES string of the molecule is CC1(C)c2ccccc2-c2c(N(c3ccc4c(c3)-c3ccccc3-c3ccccc3-c3ccccc3-4)c3cccc4c3-c3ccccc3C4(c3ccccc3)c3ccccc3)cccc21. The molecular formula is C64H45N. The maximum absolute atomic E-state index is 2.60. The molecule has 0 saturated heterocycles. The highest BCUT2D eigenvalue weighted by atomic mass is 15.1. The van der Waals surface area contributed by atoms with Crippen molar-refractivity contribution in [2.75, 3.05) is 4.90 Å². The summed E-state index contributed by atoms with van der Waals surface area (Å²) in [6, 6.07) is 88.6. The van der Waals surface area contributed by atoms with Crippen molar-refractivity contribution in [1.82, 2.24) is 0 Å². The summed E-state index contributed by atoms with van der Waals surface area (Å²) in [5.41, 5.74) is 25.6. The van der Waals surface area contributed by atoms with Crippen LogP contribution in [0.5, 0.6) is 0 Å². The van der Waals surface area contributed by atoms with E-state index in [9.17, 15) is 0 Å². The summed E-state index contributed by atoms with van der Waals surface area (Å²) in [5, 5.41) is 0. The molecule has 0 aliphatic heterocycles. The van der Waals surface area contributed by atoms with E-state index in [1.807, 2.05) is 0 Å². The highest BCUT2D eigenvalue weighted by molar-refractivity contribution is 6.06. The first-order valence-electron chi connectivity index (χ1n) is 22.9. The van der Waals surface area contributed by atoms with E-state index in [0.29, 0.717) is 0 Å². The number of anilines is 3. The second-order valence-electron chi connectivity index (χ2n) is 18.3. The number of hydrogen-bond donors (Lipinski definition) is 0. The fraction of sp³-hybridized carbons (Fsp3) is 0.0625. The van der Waals surface area contributed by atoms with Gasteiger partial charge in [-0.3, -0.25) is 0 Å². The molecule has 0 aromatic heterocycles. The van der Waals surface area contributed by atoms with Crippen molar-refractivity contribution in [3.8, 4) is 66.8 Å². The molecule has 0 radical (unpaired) electrons. The molecule has 0 fully saturated rings. The van der Waals surface area contributed by atoms with E-state index in [2.05, 4.69) is 255 Å². The van der Waals surface area contributed by atoms with Crippen molar-refractivity contribution >= 4 is 17.1 Å². The van der Waals surface area contributed by atoms with E-state index in [1.165, 1.54) is 106 Å². The zero-order chi connectivity index (χ0) is 43.3. The molecule has 3 aliphatic carbocycles. The van der Waals surface area contributed by atoms with Crippen LogP contribution < -0.4 is 4.90 Å². The largest absolute Gasteiger partial charge is 0.309 e. The number of hydrogen-bond acceptors (Lipinski definition) is 1. The maximum atomic E-state index is 2.60. The summed E-state index contributed by atoms with van der Waals surface area (Å²) in [7, 11) is 0. The highest BCUT2D eigenvalue weighted by Gasteiger charge is 2.48. The Morgan fingerprint density at radius 2 is 0.646 bits per heavy atom. The lowest BCUT2D eigenvalue weighted by molar-refractivity contribution is 0.660. The molecule has 0 N–H and O–H groups in total. The molecule has 306 valence electrons. The van der Waals surface area contributed by atoms with Gasteiger partial charge in [0.2, 0.25) is 0 Å². The molecule has 0 unspecified atom stereocenters. The summed E-state index contributed by atoms with van der Waals surface area (Å²) in [4.78, 5) is 2.60. The molecule has 1 heteroatoms. The average molecular weight is 828 g/mol. The summed E-state index contributed by atoms with van der Waals surface area (Å²) in [6.07, 6.45) is 0. The third-order valence-electron chi connectivity index (χ3n) is 14.7. The lowest BCUT2D eigenvalue weighted by Crippen LogP contribution is -2.28. The van der Waals surface area contributed by atoms with Crippen LogP contribution in [0.3, 0.4) is 0 Å². The molecule has 0 atom stereocenters. The summed E-state index contributed by atoms with van der Waals surface area (Å²) < 4.78 is 0. The van der Waals surface area contributed by atoms with Crippen molar-refractivity contribution in [2.45, 2.75) is 24.7 Å². The second-order valence-corrected chi connectivity index (χ2v) is 18.3. The summed E-state index contributed by atoms with van der Waals surface area (Å²) in [6.45, 7) is 4.77. The molecule has 0 spiro atoms. The minimum atomic E-state index is -0.536. The van der Waals surface area contributed by atoms with Gasteiger partial charge in [-0.25, -0.2) is 0 Å². The highest BCUT2D eigenvalue weighted by Crippen LogP contribution is 2.61. The van der Waals surface area contributed by atoms with Gasteiger partial charge in [0.1, 0.15) is 0 Å². The number of benzene rings is 10. The van der Waals surface area contributed by atoms with Gasteiger partial charge in [-0.15, -0.1) is 0 Å². The summed E-state index contributed by atoms with van der Waals surface area (Å²) >= 11 is 0. The molecule has 10 aromatic rings. The minimum absolute atomic E-state index is 0.170. The predicted molar refractivity (Wildman–Crippen MR) is 271 cm³/mol. The number of rotatable bonds is 5. The quantitative estimate of drug-likeness (QED) is 0.167. The van der Waals surface area contributed by atoms with Gasteiger partial charge < -0.3 is 4.90 Å². The smallest absolute Gasteiger partial charge is 0.0714 e. The number of fused-ring (bicyclic) bond motifs is 14. The standard InChI is InChI=1S/C64H45N/c1-63(2)55-33-17-15-31-52(55)61-57(63)35-19-37-59(61)65(44-39-40-51-49-29-12-11-27-47(49)45-25-9-10-26-46(45)48-28-13-14-30-50(48)54(51)41-44)60-38-20-36-58-62(60)53-32-16-18-34-56(53)64(58,42-21-5-3-6-22-42)43-23-7-4-8-24-43/h3-41H,1-2H3. The van der Waals surface area contributed by atoms with Crippen LogP contribution in [-0.4, -0.2) is 0 Å². The molecule has 10 aromatic carbocycles. The average Bonchev–Trinajstić information content (AvgIpc) is 3.81. The zero-order valence-electron chi connectivity index (χ0n) is 36.5. The normalized spacial score (nSPS) is 13.9. The van der Waals surface area contributed by atoms with Crippen LogP contribution >= 0.6 is 0 Å². The topological polar surface area (TPSA) is 3.24 Å². The maximum Gasteiger partial charge on any atom is 0.0714 e. The first-order valence-corrected chi connectivity index (χ1v) is 22.9. The van der Waals surface area contributed by atoms with Crippen molar-refractivity contribution in [3.05, 3.63) is 270 Å². The van der Waals surface area contributed by atoms with E-state index in [0.717, 1.165) is 11.4 Å². The van der Waals surface area contributed by atoms with Gasteiger partial charge in [-0.1, -0.05) is 226 Å². The Morgan fingerprint density at radius 3 is 1.17 bits per heavy atom. The molecule has 65 heavy (non-hydrogen) atoms. The summed E-state index contributed by atoms with van der Waals surface area (Å²) in [5.74, 6) is 0. The lowest BCUT2D eigenvalue weighted by atomic mass is 9.68.